The van der Waals surface area contributed by atoms with Gasteiger partial charge in [-0.3, -0.25) is 9.67 Å². The van der Waals surface area contributed by atoms with Crippen LogP contribution in [0.1, 0.15) is 25.6 Å². The van der Waals surface area contributed by atoms with E-state index in [1.807, 2.05) is 0 Å². The summed E-state index contributed by atoms with van der Waals surface area (Å²) in [6.45, 7) is 1.76. The maximum absolute atomic E-state index is 12.8. The highest BCUT2D eigenvalue weighted by atomic mass is 32.1. The van der Waals surface area contributed by atoms with E-state index in [1.165, 1.54) is 0 Å². The van der Waals surface area contributed by atoms with Crippen LogP contribution in [0.15, 0.2) is 0 Å². The van der Waals surface area contributed by atoms with Gasteiger partial charge in [0.2, 0.25) is 0 Å². The summed E-state index contributed by atoms with van der Waals surface area (Å²) in [6.07, 6.45) is -3.63. The first kappa shape index (κ1) is 10.7. The van der Waals surface area contributed by atoms with E-state index in [4.69, 9.17) is 12.2 Å². The summed E-state index contributed by atoms with van der Waals surface area (Å²) in [4.78, 5) is 0. The standard InChI is InChI=1S/C8H10F3N3S/c1-2-5-12-13-6(15)14(5)7(3-4-7)8(9,10)11/h2-4H2,1H3,(H,13,15). The number of aryl methyl sites for hydroxylation is 1. The average molecular weight is 237 g/mol. The first-order valence-corrected chi connectivity index (χ1v) is 5.07. The minimum Gasteiger partial charge on any atom is -0.289 e. The quantitative estimate of drug-likeness (QED) is 0.802. The van der Waals surface area contributed by atoms with Crippen molar-refractivity contribution in [3.8, 4) is 0 Å². The minimum absolute atomic E-state index is 0.0571. The van der Waals surface area contributed by atoms with E-state index >= 15 is 0 Å². The molecule has 1 fully saturated rings. The van der Waals surface area contributed by atoms with Gasteiger partial charge in [0.05, 0.1) is 0 Å². The van der Waals surface area contributed by atoms with E-state index in [0.717, 1.165) is 4.57 Å². The first-order chi connectivity index (χ1) is 6.92. The lowest BCUT2D eigenvalue weighted by Crippen LogP contribution is -2.36. The fourth-order valence-corrected chi connectivity index (χ4v) is 2.09. The van der Waals surface area contributed by atoms with Gasteiger partial charge < -0.3 is 0 Å². The molecule has 2 rings (SSSR count). The van der Waals surface area contributed by atoms with E-state index in [-0.39, 0.29) is 17.6 Å². The SMILES string of the molecule is CCc1n[nH]c(=S)n1C1(C(F)(F)F)CC1. The number of halogens is 3. The summed E-state index contributed by atoms with van der Waals surface area (Å²) in [5.41, 5.74) is -1.79. The van der Waals surface area contributed by atoms with Crippen molar-refractivity contribution < 1.29 is 13.2 Å². The zero-order chi connectivity index (χ0) is 11.3. The highest BCUT2D eigenvalue weighted by molar-refractivity contribution is 7.71. The van der Waals surface area contributed by atoms with E-state index in [0.29, 0.717) is 12.2 Å². The number of alkyl halides is 3. The van der Waals surface area contributed by atoms with Gasteiger partial charge in [-0.25, -0.2) is 0 Å². The fourth-order valence-electron chi connectivity index (χ4n) is 1.76. The number of aromatic nitrogens is 3. The lowest BCUT2D eigenvalue weighted by molar-refractivity contribution is -0.180. The Morgan fingerprint density at radius 3 is 2.53 bits per heavy atom. The van der Waals surface area contributed by atoms with Gasteiger partial charge in [-0.2, -0.15) is 18.3 Å². The summed E-state index contributed by atoms with van der Waals surface area (Å²) >= 11 is 4.84. The number of H-pyrrole nitrogens is 1. The molecule has 1 saturated carbocycles. The molecule has 84 valence electrons. The van der Waals surface area contributed by atoms with Crippen LogP contribution in [0.25, 0.3) is 0 Å². The van der Waals surface area contributed by atoms with Crippen molar-refractivity contribution in [2.45, 2.75) is 37.9 Å². The van der Waals surface area contributed by atoms with Gasteiger partial charge in [0.15, 0.2) is 4.77 Å². The van der Waals surface area contributed by atoms with E-state index in [9.17, 15) is 13.2 Å². The van der Waals surface area contributed by atoms with Crippen molar-refractivity contribution in [1.29, 1.82) is 0 Å². The molecule has 1 heterocycles. The van der Waals surface area contributed by atoms with Crippen LogP contribution >= 0.6 is 12.2 Å². The molecule has 1 aromatic heterocycles. The third kappa shape index (κ3) is 1.40. The Morgan fingerprint density at radius 1 is 1.53 bits per heavy atom. The van der Waals surface area contributed by atoms with Crippen molar-refractivity contribution in [3.63, 3.8) is 0 Å². The predicted octanol–water partition coefficient (Wildman–Crippen LogP) is 2.55. The maximum atomic E-state index is 12.8. The first-order valence-electron chi connectivity index (χ1n) is 4.66. The second-order valence-electron chi connectivity index (χ2n) is 3.66. The zero-order valence-electron chi connectivity index (χ0n) is 8.06. The van der Waals surface area contributed by atoms with Crippen molar-refractivity contribution in [2.75, 3.05) is 0 Å². The molecular formula is C8H10F3N3S. The number of nitrogens with zero attached hydrogens (tertiary/aromatic N) is 2. The molecule has 0 bridgehead atoms. The molecule has 1 aliphatic carbocycles. The smallest absolute Gasteiger partial charge is 0.289 e. The minimum atomic E-state index is -4.25. The van der Waals surface area contributed by atoms with Crippen LogP contribution in [-0.2, 0) is 12.0 Å². The Bertz CT molecular complexity index is 427. The number of aromatic amines is 1. The summed E-state index contributed by atoms with van der Waals surface area (Å²) in [6, 6.07) is 0. The van der Waals surface area contributed by atoms with Crippen LogP contribution in [0.4, 0.5) is 13.2 Å². The van der Waals surface area contributed by atoms with Crippen LogP contribution in [0.5, 0.6) is 0 Å². The van der Waals surface area contributed by atoms with Gasteiger partial charge in [-0.05, 0) is 25.1 Å². The number of hydrogen-bond donors (Lipinski definition) is 1. The summed E-state index contributed by atoms with van der Waals surface area (Å²) in [7, 11) is 0. The molecule has 0 atom stereocenters. The summed E-state index contributed by atoms with van der Waals surface area (Å²) in [5.74, 6) is 0.370. The van der Waals surface area contributed by atoms with Crippen molar-refractivity contribution >= 4 is 12.2 Å². The van der Waals surface area contributed by atoms with Gasteiger partial charge in [0.25, 0.3) is 0 Å². The average Bonchev–Trinajstić information content (AvgIpc) is 2.85. The van der Waals surface area contributed by atoms with E-state index < -0.39 is 11.7 Å². The molecule has 1 aromatic rings. The van der Waals surface area contributed by atoms with E-state index in [2.05, 4.69) is 10.2 Å². The Hall–Kier alpha value is -0.850. The molecule has 15 heavy (non-hydrogen) atoms. The van der Waals surface area contributed by atoms with E-state index in [1.54, 1.807) is 6.92 Å². The van der Waals surface area contributed by atoms with Crippen molar-refractivity contribution in [1.82, 2.24) is 14.8 Å². The zero-order valence-corrected chi connectivity index (χ0v) is 8.87. The Morgan fingerprint density at radius 2 is 2.13 bits per heavy atom. The molecule has 0 spiro atoms. The number of nitrogens with one attached hydrogen (secondary N) is 1. The molecular weight excluding hydrogens is 227 g/mol. The van der Waals surface area contributed by atoms with Crippen molar-refractivity contribution in [2.24, 2.45) is 0 Å². The topological polar surface area (TPSA) is 33.6 Å². The van der Waals surface area contributed by atoms with Gasteiger partial charge in [0, 0.05) is 6.42 Å². The Balaban J connectivity index is 2.55. The Kier molecular flexibility index (Phi) is 2.18. The van der Waals surface area contributed by atoms with Crippen LogP contribution in [0, 0.1) is 4.77 Å². The highest BCUT2D eigenvalue weighted by Gasteiger charge is 2.65. The lowest BCUT2D eigenvalue weighted by Gasteiger charge is -2.21. The fraction of sp³-hybridized carbons (Fsp3) is 0.750. The van der Waals surface area contributed by atoms with Crippen LogP contribution in [-0.4, -0.2) is 20.9 Å². The largest absolute Gasteiger partial charge is 0.412 e. The molecule has 7 heteroatoms. The van der Waals surface area contributed by atoms with Crippen molar-refractivity contribution in [3.05, 3.63) is 10.6 Å². The summed E-state index contributed by atoms with van der Waals surface area (Å²) in [5, 5.41) is 6.22. The molecule has 1 N–H and O–H groups in total. The second-order valence-corrected chi connectivity index (χ2v) is 4.05. The van der Waals surface area contributed by atoms with Crippen LogP contribution in [0.3, 0.4) is 0 Å². The molecule has 1 aliphatic rings. The second kappa shape index (κ2) is 3.07. The molecule has 0 aliphatic heterocycles. The predicted molar refractivity (Wildman–Crippen MR) is 50.1 cm³/mol. The van der Waals surface area contributed by atoms with Gasteiger partial charge >= 0.3 is 6.18 Å². The normalized spacial score (nSPS) is 19.2. The van der Waals surface area contributed by atoms with Crippen LogP contribution in [0.2, 0.25) is 0 Å². The molecule has 0 unspecified atom stereocenters. The number of rotatable bonds is 2. The van der Waals surface area contributed by atoms with Crippen LogP contribution < -0.4 is 0 Å². The third-order valence-electron chi connectivity index (χ3n) is 2.74. The highest BCUT2D eigenvalue weighted by Crippen LogP contribution is 2.55. The lowest BCUT2D eigenvalue weighted by atomic mass is 10.2. The van der Waals surface area contributed by atoms with Gasteiger partial charge in [0.1, 0.15) is 11.4 Å². The molecule has 0 amide bonds. The molecule has 3 nitrogen and oxygen atoms in total. The molecule has 0 radical (unpaired) electrons. The Labute approximate surface area is 89.3 Å². The number of hydrogen-bond acceptors (Lipinski definition) is 2. The van der Waals surface area contributed by atoms with Gasteiger partial charge in [-0.1, -0.05) is 6.92 Å². The molecule has 0 saturated heterocycles. The summed E-state index contributed by atoms with van der Waals surface area (Å²) < 4.78 is 39.7. The maximum Gasteiger partial charge on any atom is 0.412 e. The molecule has 0 aromatic carbocycles. The monoisotopic (exact) mass is 237 g/mol. The third-order valence-corrected chi connectivity index (χ3v) is 3.01. The van der Waals surface area contributed by atoms with Gasteiger partial charge in [-0.15, -0.1) is 0 Å².